The van der Waals surface area contributed by atoms with Gasteiger partial charge in [0.25, 0.3) is 0 Å². The molecule has 0 aliphatic heterocycles. The Balaban J connectivity index is 2.14. The molecule has 0 fully saturated rings. The Morgan fingerprint density at radius 2 is 1.88 bits per heavy atom. The first-order valence-corrected chi connectivity index (χ1v) is 8.78. The zero-order valence-corrected chi connectivity index (χ0v) is 15.0. The molecule has 132 valence electrons. The van der Waals surface area contributed by atoms with Crippen molar-refractivity contribution in [2.24, 2.45) is 0 Å². The summed E-state index contributed by atoms with van der Waals surface area (Å²) >= 11 is 1.57. The predicted molar refractivity (Wildman–Crippen MR) is 97.4 cm³/mol. The van der Waals surface area contributed by atoms with Crippen LogP contribution in [-0.4, -0.2) is 34.7 Å². The van der Waals surface area contributed by atoms with Crippen molar-refractivity contribution in [2.45, 2.75) is 20.0 Å². The quantitative estimate of drug-likeness (QED) is 0.677. The van der Waals surface area contributed by atoms with Crippen LogP contribution in [0.4, 0.5) is 4.39 Å². The van der Waals surface area contributed by atoms with E-state index in [-0.39, 0.29) is 24.2 Å². The van der Waals surface area contributed by atoms with Crippen LogP contribution in [0.25, 0.3) is 0 Å². The van der Waals surface area contributed by atoms with Gasteiger partial charge in [0.05, 0.1) is 6.54 Å². The van der Waals surface area contributed by atoms with Crippen molar-refractivity contribution in [1.82, 2.24) is 9.80 Å². The maximum Gasteiger partial charge on any atom is 0.242 e. The molecule has 25 heavy (non-hydrogen) atoms. The van der Waals surface area contributed by atoms with Gasteiger partial charge in [-0.1, -0.05) is 24.3 Å². The third kappa shape index (κ3) is 5.83. The van der Waals surface area contributed by atoms with Crippen molar-refractivity contribution in [3.63, 3.8) is 0 Å². The van der Waals surface area contributed by atoms with Crippen LogP contribution in [0.2, 0.25) is 0 Å². The average molecular weight is 360 g/mol. The molecule has 6 heteroatoms. The molecule has 2 rings (SSSR count). The first-order valence-electron chi connectivity index (χ1n) is 7.90. The Morgan fingerprint density at radius 3 is 2.44 bits per heavy atom. The number of amides is 2. The Labute approximate surface area is 151 Å². The van der Waals surface area contributed by atoms with E-state index in [0.29, 0.717) is 19.6 Å². The number of hydrogen-bond donors (Lipinski definition) is 0. The smallest absolute Gasteiger partial charge is 0.242 e. The van der Waals surface area contributed by atoms with Crippen LogP contribution < -0.4 is 0 Å². The van der Waals surface area contributed by atoms with Crippen LogP contribution in [0, 0.1) is 5.82 Å². The molecule has 0 spiro atoms. The summed E-state index contributed by atoms with van der Waals surface area (Å²) < 4.78 is 13.1. The van der Waals surface area contributed by atoms with Gasteiger partial charge in [0.15, 0.2) is 0 Å². The molecule has 1 aromatic heterocycles. The van der Waals surface area contributed by atoms with E-state index in [9.17, 15) is 14.0 Å². The third-order valence-corrected chi connectivity index (χ3v) is 4.55. The Kier molecular flexibility index (Phi) is 6.89. The van der Waals surface area contributed by atoms with Crippen molar-refractivity contribution >= 4 is 23.2 Å². The lowest BCUT2D eigenvalue weighted by molar-refractivity contribution is -0.139. The highest BCUT2D eigenvalue weighted by Crippen LogP contribution is 2.15. The van der Waals surface area contributed by atoms with Gasteiger partial charge in [0.1, 0.15) is 12.4 Å². The van der Waals surface area contributed by atoms with Gasteiger partial charge in [-0.05, 0) is 29.1 Å². The van der Waals surface area contributed by atoms with Crippen molar-refractivity contribution in [1.29, 1.82) is 0 Å². The number of nitrogens with zero attached hydrogens (tertiary/aromatic N) is 2. The Bertz CT molecular complexity index is 714. The zero-order chi connectivity index (χ0) is 18.2. The summed E-state index contributed by atoms with van der Waals surface area (Å²) in [6.45, 7) is 6.18. The molecule has 1 heterocycles. The van der Waals surface area contributed by atoms with Crippen LogP contribution in [0.3, 0.4) is 0 Å². The third-order valence-electron chi connectivity index (χ3n) is 3.69. The molecular formula is C19H21FN2O2S. The summed E-state index contributed by atoms with van der Waals surface area (Å²) in [6, 6.07) is 9.97. The minimum atomic E-state index is -0.311. The number of benzene rings is 1. The van der Waals surface area contributed by atoms with Gasteiger partial charge in [-0.15, -0.1) is 17.9 Å². The number of halogens is 1. The number of hydrogen-bond acceptors (Lipinski definition) is 3. The van der Waals surface area contributed by atoms with Gasteiger partial charge >= 0.3 is 0 Å². The average Bonchev–Trinajstić information content (AvgIpc) is 3.08. The lowest BCUT2D eigenvalue weighted by atomic mass is 10.2. The van der Waals surface area contributed by atoms with E-state index in [0.717, 1.165) is 10.4 Å². The zero-order valence-electron chi connectivity index (χ0n) is 14.2. The van der Waals surface area contributed by atoms with Gasteiger partial charge in [-0.2, -0.15) is 0 Å². The fourth-order valence-corrected chi connectivity index (χ4v) is 3.08. The maximum atomic E-state index is 13.1. The van der Waals surface area contributed by atoms with Gasteiger partial charge < -0.3 is 9.80 Å². The first kappa shape index (κ1) is 18.9. The van der Waals surface area contributed by atoms with Gasteiger partial charge in [-0.25, -0.2) is 4.39 Å². The van der Waals surface area contributed by atoms with Gasteiger partial charge in [0.2, 0.25) is 11.8 Å². The molecule has 0 unspecified atom stereocenters. The van der Waals surface area contributed by atoms with E-state index in [1.807, 2.05) is 17.5 Å². The molecule has 0 N–H and O–H groups in total. The van der Waals surface area contributed by atoms with Crippen molar-refractivity contribution < 1.29 is 14.0 Å². The van der Waals surface area contributed by atoms with Crippen LogP contribution in [0.5, 0.6) is 0 Å². The van der Waals surface area contributed by atoms with E-state index >= 15 is 0 Å². The van der Waals surface area contributed by atoms with E-state index in [2.05, 4.69) is 6.58 Å². The molecule has 4 nitrogen and oxygen atoms in total. The van der Waals surface area contributed by atoms with Gasteiger partial charge in [-0.3, -0.25) is 9.59 Å². The summed E-state index contributed by atoms with van der Waals surface area (Å²) in [5.41, 5.74) is 0.837. The highest BCUT2D eigenvalue weighted by atomic mass is 32.1. The lowest BCUT2D eigenvalue weighted by Crippen LogP contribution is -2.41. The normalized spacial score (nSPS) is 10.3. The second kappa shape index (κ2) is 9.13. The minimum Gasteiger partial charge on any atom is -0.332 e. The number of carbonyl (C=O) groups is 2. The standard InChI is InChI=1S/C19H21FN2O2S/c1-3-10-21(15(2)23)14-19(24)22(13-18-5-4-11-25-18)12-16-6-8-17(20)9-7-16/h3-9,11H,1,10,12-14H2,2H3. The highest BCUT2D eigenvalue weighted by Gasteiger charge is 2.19. The molecule has 2 amide bonds. The molecule has 0 aliphatic rings. The largest absolute Gasteiger partial charge is 0.332 e. The highest BCUT2D eigenvalue weighted by molar-refractivity contribution is 7.09. The molecule has 2 aromatic rings. The molecule has 0 bridgehead atoms. The molecular weight excluding hydrogens is 339 g/mol. The van der Waals surface area contributed by atoms with Crippen molar-refractivity contribution in [2.75, 3.05) is 13.1 Å². The van der Waals surface area contributed by atoms with E-state index in [1.54, 1.807) is 34.4 Å². The SMILES string of the molecule is C=CCN(CC(=O)N(Cc1ccc(F)cc1)Cc1cccs1)C(C)=O. The van der Waals surface area contributed by atoms with Crippen LogP contribution in [0.15, 0.2) is 54.4 Å². The van der Waals surface area contributed by atoms with Crippen LogP contribution in [-0.2, 0) is 22.7 Å². The van der Waals surface area contributed by atoms with Crippen molar-refractivity contribution in [3.8, 4) is 0 Å². The van der Waals surface area contributed by atoms with E-state index < -0.39 is 0 Å². The maximum absolute atomic E-state index is 13.1. The number of rotatable bonds is 8. The summed E-state index contributed by atoms with van der Waals surface area (Å²) in [7, 11) is 0. The van der Waals surface area contributed by atoms with E-state index in [1.165, 1.54) is 24.0 Å². The molecule has 0 saturated heterocycles. The second-order valence-electron chi connectivity index (χ2n) is 5.64. The summed E-state index contributed by atoms with van der Waals surface area (Å²) in [4.78, 5) is 28.6. The minimum absolute atomic E-state index is 0.00603. The second-order valence-corrected chi connectivity index (χ2v) is 6.68. The fourth-order valence-electron chi connectivity index (χ4n) is 2.36. The van der Waals surface area contributed by atoms with Crippen LogP contribution >= 0.6 is 11.3 Å². The number of carbonyl (C=O) groups excluding carboxylic acids is 2. The number of thiophene rings is 1. The fraction of sp³-hybridized carbons (Fsp3) is 0.263. The summed E-state index contributed by atoms with van der Waals surface area (Å²) in [5.74, 6) is -0.644. The molecule has 0 saturated carbocycles. The summed E-state index contributed by atoms with van der Waals surface area (Å²) in [5, 5.41) is 1.95. The summed E-state index contributed by atoms with van der Waals surface area (Å²) in [6.07, 6.45) is 1.60. The topological polar surface area (TPSA) is 40.6 Å². The van der Waals surface area contributed by atoms with E-state index in [4.69, 9.17) is 0 Å². The molecule has 0 atom stereocenters. The Morgan fingerprint density at radius 1 is 1.16 bits per heavy atom. The monoisotopic (exact) mass is 360 g/mol. The first-order chi connectivity index (χ1) is 12.0. The van der Waals surface area contributed by atoms with Gasteiger partial charge in [0, 0.05) is 24.9 Å². The lowest BCUT2D eigenvalue weighted by Gasteiger charge is -2.26. The predicted octanol–water partition coefficient (Wildman–Crippen LogP) is 3.45. The molecule has 0 radical (unpaired) electrons. The van der Waals surface area contributed by atoms with Crippen molar-refractivity contribution in [3.05, 3.63) is 70.7 Å². The molecule has 0 aliphatic carbocycles. The van der Waals surface area contributed by atoms with Crippen LogP contribution in [0.1, 0.15) is 17.4 Å². The Hall–Kier alpha value is -2.47. The molecule has 1 aromatic carbocycles.